The topological polar surface area (TPSA) is 57.0 Å². The van der Waals surface area contributed by atoms with Crippen LogP contribution in [0.3, 0.4) is 0 Å². The summed E-state index contributed by atoms with van der Waals surface area (Å²) in [6.07, 6.45) is 0.884. The van der Waals surface area contributed by atoms with Gasteiger partial charge in [0.15, 0.2) is 5.69 Å². The van der Waals surface area contributed by atoms with Gasteiger partial charge in [-0.25, -0.2) is 9.48 Å². The number of esters is 1. The Bertz CT molecular complexity index is 561. The molecule has 0 aliphatic carbocycles. The van der Waals surface area contributed by atoms with Gasteiger partial charge in [0, 0.05) is 6.54 Å². The van der Waals surface area contributed by atoms with E-state index in [1.54, 1.807) is 18.3 Å². The van der Waals surface area contributed by atoms with Crippen molar-refractivity contribution in [2.45, 2.75) is 39.7 Å². The van der Waals surface area contributed by atoms with Crippen molar-refractivity contribution in [3.05, 3.63) is 33.8 Å². The largest absolute Gasteiger partial charge is 0.461 e. The first-order chi connectivity index (χ1) is 9.63. The Balaban J connectivity index is 2.18. The number of hydrogen-bond donors (Lipinski definition) is 0. The van der Waals surface area contributed by atoms with Crippen LogP contribution in [0.2, 0.25) is 0 Å². The molecule has 5 nitrogen and oxygen atoms in total. The standard InChI is InChI=1S/C14H19N3O2S/c1-4-19-14(18)12-13(10(2)3)17(16-15-12)7-5-11-6-8-20-9-11/h6,8-10H,4-5,7H2,1-3H3. The Morgan fingerprint density at radius 2 is 2.30 bits per heavy atom. The third-order valence-electron chi connectivity index (χ3n) is 2.98. The molecule has 0 aromatic carbocycles. The number of hydrogen-bond acceptors (Lipinski definition) is 5. The second kappa shape index (κ2) is 6.65. The van der Waals surface area contributed by atoms with Crippen LogP contribution >= 0.6 is 11.3 Å². The van der Waals surface area contributed by atoms with E-state index in [2.05, 4.69) is 27.1 Å². The average Bonchev–Trinajstić information content (AvgIpc) is 3.05. The molecule has 108 valence electrons. The zero-order chi connectivity index (χ0) is 14.5. The van der Waals surface area contributed by atoms with Gasteiger partial charge >= 0.3 is 5.97 Å². The Hall–Kier alpha value is -1.69. The monoisotopic (exact) mass is 293 g/mol. The van der Waals surface area contributed by atoms with Crippen LogP contribution in [0.15, 0.2) is 16.8 Å². The molecule has 6 heteroatoms. The Labute approximate surface area is 122 Å². The molecule has 0 amide bonds. The van der Waals surface area contributed by atoms with Crippen LogP contribution in [0.25, 0.3) is 0 Å². The average molecular weight is 293 g/mol. The van der Waals surface area contributed by atoms with E-state index in [1.807, 2.05) is 18.5 Å². The summed E-state index contributed by atoms with van der Waals surface area (Å²) < 4.78 is 6.84. The fraction of sp³-hybridized carbons (Fsp3) is 0.500. The first-order valence-electron chi connectivity index (χ1n) is 6.75. The van der Waals surface area contributed by atoms with Crippen LogP contribution in [-0.2, 0) is 17.7 Å². The van der Waals surface area contributed by atoms with Crippen LogP contribution in [0, 0.1) is 0 Å². The molecule has 0 atom stereocenters. The number of carbonyl (C=O) groups is 1. The molecule has 0 bridgehead atoms. The molecule has 0 fully saturated rings. The first-order valence-corrected chi connectivity index (χ1v) is 7.69. The van der Waals surface area contributed by atoms with Crippen molar-refractivity contribution in [1.82, 2.24) is 15.0 Å². The smallest absolute Gasteiger partial charge is 0.360 e. The van der Waals surface area contributed by atoms with E-state index in [4.69, 9.17) is 4.74 Å². The minimum atomic E-state index is -0.391. The summed E-state index contributed by atoms with van der Waals surface area (Å²) in [5.74, 6) is -0.218. The molecule has 2 heterocycles. The van der Waals surface area contributed by atoms with Crippen molar-refractivity contribution in [2.24, 2.45) is 0 Å². The minimum absolute atomic E-state index is 0.173. The molecule has 2 rings (SSSR count). The number of ether oxygens (including phenoxy) is 1. The predicted octanol–water partition coefficient (Wildman–Crippen LogP) is 2.88. The Morgan fingerprint density at radius 3 is 2.90 bits per heavy atom. The number of nitrogens with zero attached hydrogens (tertiary/aromatic N) is 3. The van der Waals surface area contributed by atoms with Crippen molar-refractivity contribution in [3.8, 4) is 0 Å². The summed E-state index contributed by atoms with van der Waals surface area (Å²) in [7, 11) is 0. The molecule has 0 aliphatic heterocycles. The summed E-state index contributed by atoms with van der Waals surface area (Å²) in [6.45, 7) is 6.91. The maximum Gasteiger partial charge on any atom is 0.360 e. The lowest BCUT2D eigenvalue weighted by Crippen LogP contribution is -2.13. The van der Waals surface area contributed by atoms with Gasteiger partial charge in [0.25, 0.3) is 0 Å². The highest BCUT2D eigenvalue weighted by atomic mass is 32.1. The third kappa shape index (κ3) is 3.25. The van der Waals surface area contributed by atoms with E-state index < -0.39 is 5.97 Å². The Kier molecular flexibility index (Phi) is 4.89. The van der Waals surface area contributed by atoms with Crippen LogP contribution in [0.4, 0.5) is 0 Å². The molecular formula is C14H19N3O2S. The zero-order valence-electron chi connectivity index (χ0n) is 12.0. The molecule has 0 unspecified atom stereocenters. The number of aryl methyl sites for hydroxylation is 2. The summed E-state index contributed by atoms with van der Waals surface area (Å²) in [5, 5.41) is 12.3. The lowest BCUT2D eigenvalue weighted by molar-refractivity contribution is 0.0517. The van der Waals surface area contributed by atoms with Gasteiger partial charge in [0.05, 0.1) is 12.3 Å². The van der Waals surface area contributed by atoms with Crippen LogP contribution < -0.4 is 0 Å². The van der Waals surface area contributed by atoms with Crippen molar-refractivity contribution in [1.29, 1.82) is 0 Å². The fourth-order valence-corrected chi connectivity index (χ4v) is 2.77. The zero-order valence-corrected chi connectivity index (χ0v) is 12.8. The quantitative estimate of drug-likeness (QED) is 0.768. The van der Waals surface area contributed by atoms with E-state index in [9.17, 15) is 4.79 Å². The number of rotatable bonds is 6. The van der Waals surface area contributed by atoms with Crippen LogP contribution in [-0.4, -0.2) is 27.6 Å². The van der Waals surface area contributed by atoms with Crippen LogP contribution in [0.1, 0.15) is 48.4 Å². The van der Waals surface area contributed by atoms with Gasteiger partial charge in [-0.1, -0.05) is 19.1 Å². The van der Waals surface area contributed by atoms with Crippen molar-refractivity contribution >= 4 is 17.3 Å². The summed E-state index contributed by atoms with van der Waals surface area (Å²) in [4.78, 5) is 11.9. The van der Waals surface area contributed by atoms with Crippen molar-refractivity contribution in [2.75, 3.05) is 6.61 Å². The molecule has 2 aromatic heterocycles. The summed E-state index contributed by atoms with van der Waals surface area (Å²) in [5.41, 5.74) is 2.46. The van der Waals surface area contributed by atoms with Crippen LogP contribution in [0.5, 0.6) is 0 Å². The van der Waals surface area contributed by atoms with E-state index >= 15 is 0 Å². The lowest BCUT2D eigenvalue weighted by atomic mass is 10.1. The van der Waals surface area contributed by atoms with E-state index in [1.165, 1.54) is 5.56 Å². The third-order valence-corrected chi connectivity index (χ3v) is 3.71. The molecule has 0 aliphatic rings. The maximum atomic E-state index is 11.9. The molecule has 0 saturated heterocycles. The second-order valence-electron chi connectivity index (χ2n) is 4.80. The van der Waals surface area contributed by atoms with Gasteiger partial charge in [0.2, 0.25) is 0 Å². The predicted molar refractivity (Wildman–Crippen MR) is 78.1 cm³/mol. The van der Waals surface area contributed by atoms with Gasteiger partial charge in [-0.15, -0.1) is 5.10 Å². The summed E-state index contributed by atoms with van der Waals surface area (Å²) in [6, 6.07) is 2.10. The SMILES string of the molecule is CCOC(=O)c1nnn(CCc2ccsc2)c1C(C)C. The molecule has 20 heavy (non-hydrogen) atoms. The fourth-order valence-electron chi connectivity index (χ4n) is 2.07. The minimum Gasteiger partial charge on any atom is -0.461 e. The highest BCUT2D eigenvalue weighted by molar-refractivity contribution is 7.07. The molecular weight excluding hydrogens is 274 g/mol. The van der Waals surface area contributed by atoms with Gasteiger partial charge < -0.3 is 4.74 Å². The number of thiophene rings is 1. The molecule has 0 spiro atoms. The van der Waals surface area contributed by atoms with Crippen molar-refractivity contribution in [3.63, 3.8) is 0 Å². The van der Waals surface area contributed by atoms with Gasteiger partial charge in [-0.3, -0.25) is 0 Å². The summed E-state index contributed by atoms with van der Waals surface area (Å²) >= 11 is 1.68. The van der Waals surface area contributed by atoms with E-state index in [0.29, 0.717) is 12.3 Å². The van der Waals surface area contributed by atoms with E-state index in [0.717, 1.165) is 18.7 Å². The van der Waals surface area contributed by atoms with Gasteiger partial charge in [-0.2, -0.15) is 11.3 Å². The molecule has 2 aromatic rings. The highest BCUT2D eigenvalue weighted by Gasteiger charge is 2.22. The number of carbonyl (C=O) groups excluding carboxylic acids is 1. The first kappa shape index (κ1) is 14.7. The molecule has 0 saturated carbocycles. The van der Waals surface area contributed by atoms with Gasteiger partial charge in [-0.05, 0) is 41.7 Å². The maximum absolute atomic E-state index is 11.9. The van der Waals surface area contributed by atoms with Gasteiger partial charge in [0.1, 0.15) is 0 Å². The lowest BCUT2D eigenvalue weighted by Gasteiger charge is -2.10. The van der Waals surface area contributed by atoms with Crippen molar-refractivity contribution < 1.29 is 9.53 Å². The second-order valence-corrected chi connectivity index (χ2v) is 5.58. The van der Waals surface area contributed by atoms with E-state index in [-0.39, 0.29) is 5.92 Å². The Morgan fingerprint density at radius 1 is 1.50 bits per heavy atom. The normalized spacial score (nSPS) is 11.0. The highest BCUT2D eigenvalue weighted by Crippen LogP contribution is 2.19. The molecule has 0 radical (unpaired) electrons. The molecule has 0 N–H and O–H groups in total. The number of aromatic nitrogens is 3.